The Balaban J connectivity index is 1.84. The van der Waals surface area contributed by atoms with Crippen LogP contribution in [-0.2, 0) is 16.1 Å². The number of hydrogen-bond donors (Lipinski definition) is 1. The summed E-state index contributed by atoms with van der Waals surface area (Å²) in [6.07, 6.45) is 0. The van der Waals surface area contributed by atoms with Gasteiger partial charge < -0.3 is 19.6 Å². The lowest BCUT2D eigenvalue weighted by atomic mass is 9.94. The summed E-state index contributed by atoms with van der Waals surface area (Å²) in [6, 6.07) is 18.1. The highest BCUT2D eigenvalue weighted by molar-refractivity contribution is 6.46. The average Bonchev–Trinajstić information content (AvgIpc) is 3.10. The van der Waals surface area contributed by atoms with Crippen LogP contribution in [0.2, 0.25) is 0 Å². The molecule has 1 N–H and O–H groups in total. The van der Waals surface area contributed by atoms with E-state index < -0.39 is 23.5 Å². The highest BCUT2D eigenvalue weighted by Crippen LogP contribution is 2.41. The van der Waals surface area contributed by atoms with Gasteiger partial charge in [-0.05, 0) is 73.0 Å². The Morgan fingerprint density at radius 3 is 2.42 bits per heavy atom. The summed E-state index contributed by atoms with van der Waals surface area (Å²) < 4.78 is 19.5. The molecule has 1 atom stereocenters. The number of nitrogens with zero attached hydrogens (tertiary/aromatic N) is 2. The first kappa shape index (κ1) is 25.0. The molecule has 0 bridgehead atoms. The number of hydrogen-bond acceptors (Lipinski definition) is 5. The number of benzene rings is 3. The van der Waals surface area contributed by atoms with Crippen LogP contribution in [0.5, 0.6) is 5.75 Å². The van der Waals surface area contributed by atoms with E-state index in [1.807, 2.05) is 74.4 Å². The number of amides is 1. The number of ketones is 1. The van der Waals surface area contributed by atoms with Gasteiger partial charge in [0.15, 0.2) is 0 Å². The lowest BCUT2D eigenvalue weighted by Crippen LogP contribution is -2.29. The summed E-state index contributed by atoms with van der Waals surface area (Å²) in [5.74, 6) is -1.57. The van der Waals surface area contributed by atoms with Gasteiger partial charge in [0.05, 0.1) is 18.2 Å². The normalized spacial score (nSPS) is 16.9. The van der Waals surface area contributed by atoms with E-state index in [2.05, 4.69) is 0 Å². The van der Waals surface area contributed by atoms with Crippen molar-refractivity contribution >= 4 is 23.1 Å². The van der Waals surface area contributed by atoms with Crippen LogP contribution in [0.1, 0.15) is 35.2 Å². The summed E-state index contributed by atoms with van der Waals surface area (Å²) >= 11 is 0. The summed E-state index contributed by atoms with van der Waals surface area (Å²) in [5, 5.41) is 11.2. The Morgan fingerprint density at radius 1 is 1.06 bits per heavy atom. The molecule has 36 heavy (non-hydrogen) atoms. The zero-order valence-electron chi connectivity index (χ0n) is 20.8. The molecule has 0 aromatic heterocycles. The molecule has 1 saturated heterocycles. The van der Waals surface area contributed by atoms with Gasteiger partial charge in [-0.2, -0.15) is 0 Å². The SMILES string of the molecule is CCOc1cccc(CN2C(=O)C(=O)/C(=C(\O)c3ccc(F)c(C)c3)C2c2ccc(N(C)C)cc2)c1. The van der Waals surface area contributed by atoms with E-state index in [1.165, 1.54) is 23.1 Å². The second-order valence-electron chi connectivity index (χ2n) is 8.96. The summed E-state index contributed by atoms with van der Waals surface area (Å²) in [4.78, 5) is 30.0. The van der Waals surface area contributed by atoms with Gasteiger partial charge in [-0.15, -0.1) is 0 Å². The minimum Gasteiger partial charge on any atom is -0.507 e. The number of carbonyl (C=O) groups is 2. The number of aliphatic hydroxyl groups excluding tert-OH is 1. The molecule has 1 heterocycles. The van der Waals surface area contributed by atoms with Crippen LogP contribution < -0.4 is 9.64 Å². The van der Waals surface area contributed by atoms with E-state index >= 15 is 0 Å². The molecule has 186 valence electrons. The fourth-order valence-electron chi connectivity index (χ4n) is 4.39. The predicted octanol–water partition coefficient (Wildman–Crippen LogP) is 5.22. The van der Waals surface area contributed by atoms with Gasteiger partial charge in [0.2, 0.25) is 0 Å². The maximum absolute atomic E-state index is 13.9. The van der Waals surface area contributed by atoms with Crippen LogP contribution in [0.15, 0.2) is 72.3 Å². The first-order valence-electron chi connectivity index (χ1n) is 11.7. The molecular formula is C29H29FN2O4. The first-order valence-corrected chi connectivity index (χ1v) is 11.7. The van der Waals surface area contributed by atoms with Crippen LogP contribution in [-0.4, -0.2) is 42.4 Å². The molecule has 6 nitrogen and oxygen atoms in total. The lowest BCUT2D eigenvalue weighted by molar-refractivity contribution is -0.140. The van der Waals surface area contributed by atoms with Gasteiger partial charge in [0.25, 0.3) is 11.7 Å². The lowest BCUT2D eigenvalue weighted by Gasteiger charge is -2.26. The largest absolute Gasteiger partial charge is 0.507 e. The van der Waals surface area contributed by atoms with Gasteiger partial charge in [-0.25, -0.2) is 4.39 Å². The number of carbonyl (C=O) groups excluding carboxylic acids is 2. The van der Waals surface area contributed by atoms with Gasteiger partial charge >= 0.3 is 0 Å². The van der Waals surface area contributed by atoms with Crippen molar-refractivity contribution in [2.24, 2.45) is 0 Å². The van der Waals surface area contributed by atoms with E-state index in [9.17, 15) is 19.1 Å². The Morgan fingerprint density at radius 2 is 1.78 bits per heavy atom. The fraction of sp³-hybridized carbons (Fsp3) is 0.241. The second kappa shape index (κ2) is 10.2. The zero-order chi connectivity index (χ0) is 26.0. The standard InChI is InChI=1S/C29H29FN2O4/c1-5-36-23-8-6-7-19(16-23)17-32-26(20-9-12-22(13-10-20)31(3)4)25(28(34)29(32)35)27(33)21-11-14-24(30)18(2)15-21/h6-16,26,33H,5,17H2,1-4H3/b27-25-. The van der Waals surface area contributed by atoms with Crippen molar-refractivity contribution in [1.82, 2.24) is 4.90 Å². The monoisotopic (exact) mass is 488 g/mol. The van der Waals surface area contributed by atoms with Crippen LogP contribution in [0.25, 0.3) is 5.76 Å². The van der Waals surface area contributed by atoms with Crippen molar-refractivity contribution < 1.29 is 23.8 Å². The van der Waals surface area contributed by atoms with E-state index in [-0.39, 0.29) is 23.4 Å². The number of rotatable bonds is 7. The fourth-order valence-corrected chi connectivity index (χ4v) is 4.39. The molecule has 1 fully saturated rings. The number of aliphatic hydroxyl groups is 1. The molecule has 3 aromatic carbocycles. The van der Waals surface area contributed by atoms with E-state index in [0.717, 1.165) is 11.3 Å². The van der Waals surface area contributed by atoms with Gasteiger partial charge in [0.1, 0.15) is 17.3 Å². The Labute approximate surface area is 210 Å². The minimum absolute atomic E-state index is 0.0235. The van der Waals surface area contributed by atoms with Gasteiger partial charge in [0, 0.05) is 31.9 Å². The van der Waals surface area contributed by atoms with E-state index in [1.54, 1.807) is 6.92 Å². The number of halogens is 1. The first-order chi connectivity index (χ1) is 17.2. The van der Waals surface area contributed by atoms with Crippen LogP contribution in [0.3, 0.4) is 0 Å². The van der Waals surface area contributed by atoms with E-state index in [4.69, 9.17) is 4.74 Å². The van der Waals surface area contributed by atoms with Gasteiger partial charge in [-0.3, -0.25) is 9.59 Å². The molecule has 1 aliphatic rings. The number of ether oxygens (including phenoxy) is 1. The number of aryl methyl sites for hydroxylation is 1. The van der Waals surface area contributed by atoms with Gasteiger partial charge in [-0.1, -0.05) is 24.3 Å². The van der Waals surface area contributed by atoms with Crippen LogP contribution in [0, 0.1) is 12.7 Å². The molecule has 0 aliphatic carbocycles. The Hall–Kier alpha value is -4.13. The second-order valence-corrected chi connectivity index (χ2v) is 8.96. The highest BCUT2D eigenvalue weighted by Gasteiger charge is 2.46. The molecule has 3 aromatic rings. The van der Waals surface area contributed by atoms with Crippen molar-refractivity contribution in [3.63, 3.8) is 0 Å². The smallest absolute Gasteiger partial charge is 0.295 e. The maximum atomic E-state index is 13.9. The van der Waals surface area contributed by atoms with Crippen LogP contribution >= 0.6 is 0 Å². The molecule has 1 aliphatic heterocycles. The molecule has 7 heteroatoms. The molecule has 1 amide bonds. The zero-order valence-corrected chi connectivity index (χ0v) is 20.8. The number of Topliss-reactive ketones (excluding diaryl/α,β-unsaturated/α-hetero) is 1. The average molecular weight is 489 g/mol. The summed E-state index contributed by atoms with van der Waals surface area (Å²) in [5.41, 5.74) is 3.00. The minimum atomic E-state index is -0.817. The third kappa shape index (κ3) is 4.82. The maximum Gasteiger partial charge on any atom is 0.295 e. The molecule has 0 spiro atoms. The highest BCUT2D eigenvalue weighted by atomic mass is 19.1. The van der Waals surface area contributed by atoms with Crippen molar-refractivity contribution in [2.75, 3.05) is 25.6 Å². The summed E-state index contributed by atoms with van der Waals surface area (Å²) in [6.45, 7) is 4.11. The van der Waals surface area contributed by atoms with Crippen molar-refractivity contribution in [1.29, 1.82) is 0 Å². The molecule has 4 rings (SSSR count). The molecule has 0 radical (unpaired) electrons. The molecule has 0 saturated carbocycles. The van der Waals surface area contributed by atoms with Crippen molar-refractivity contribution in [3.05, 3.63) is 100 Å². The van der Waals surface area contributed by atoms with Crippen LogP contribution in [0.4, 0.5) is 10.1 Å². The summed E-state index contributed by atoms with van der Waals surface area (Å²) in [7, 11) is 3.84. The Bertz CT molecular complexity index is 1330. The quantitative estimate of drug-likeness (QED) is 0.281. The molecular weight excluding hydrogens is 459 g/mol. The van der Waals surface area contributed by atoms with E-state index in [0.29, 0.717) is 23.5 Å². The number of anilines is 1. The third-order valence-electron chi connectivity index (χ3n) is 6.26. The van der Waals surface area contributed by atoms with Crippen molar-refractivity contribution in [2.45, 2.75) is 26.4 Å². The predicted molar refractivity (Wildman–Crippen MR) is 137 cm³/mol. The third-order valence-corrected chi connectivity index (χ3v) is 6.26. The number of likely N-dealkylation sites (tertiary alicyclic amines) is 1. The van der Waals surface area contributed by atoms with Crippen molar-refractivity contribution in [3.8, 4) is 5.75 Å². The molecule has 1 unspecified atom stereocenters. The topological polar surface area (TPSA) is 70.1 Å². The Kier molecular flexibility index (Phi) is 7.10.